The molecule has 0 spiro atoms. The number of hydrogen-bond donors (Lipinski definition) is 2. The number of thiophene rings is 1. The Labute approximate surface area is 133 Å². The molecule has 0 saturated heterocycles. The van der Waals surface area contributed by atoms with E-state index in [-0.39, 0.29) is 6.04 Å². The van der Waals surface area contributed by atoms with Crippen LogP contribution < -0.4 is 16.0 Å². The standard InChI is InChI=1S/C13H14Br2N2OS/c1-2-18-10-6-4-3-5-8(10)12(17-16)11-7-9(14)13(15)19-11/h3-7,12,17H,2,16H2,1H3. The van der Waals surface area contributed by atoms with Crippen LogP contribution in [-0.4, -0.2) is 6.61 Å². The average Bonchev–Trinajstić information content (AvgIpc) is 2.73. The summed E-state index contributed by atoms with van der Waals surface area (Å²) in [7, 11) is 0. The van der Waals surface area contributed by atoms with E-state index in [1.54, 1.807) is 11.3 Å². The first-order valence-corrected chi connectivity index (χ1v) is 8.20. The first-order valence-electron chi connectivity index (χ1n) is 5.80. The number of hydrazine groups is 1. The summed E-state index contributed by atoms with van der Waals surface area (Å²) in [5.74, 6) is 6.59. The molecule has 0 fully saturated rings. The van der Waals surface area contributed by atoms with Crippen LogP contribution >= 0.6 is 43.2 Å². The molecule has 0 saturated carbocycles. The van der Waals surface area contributed by atoms with Crippen LogP contribution in [0.3, 0.4) is 0 Å². The van der Waals surface area contributed by atoms with Gasteiger partial charge in [-0.2, -0.15) is 0 Å². The highest BCUT2D eigenvalue weighted by Gasteiger charge is 2.19. The van der Waals surface area contributed by atoms with Gasteiger partial charge in [-0.3, -0.25) is 5.84 Å². The first-order chi connectivity index (χ1) is 9.17. The molecule has 3 nitrogen and oxygen atoms in total. The smallest absolute Gasteiger partial charge is 0.124 e. The van der Waals surface area contributed by atoms with Gasteiger partial charge in [0, 0.05) is 14.9 Å². The molecular formula is C13H14Br2N2OS. The summed E-state index contributed by atoms with van der Waals surface area (Å²) in [6.45, 7) is 2.60. The molecule has 19 heavy (non-hydrogen) atoms. The van der Waals surface area contributed by atoms with Gasteiger partial charge in [-0.05, 0) is 50.9 Å². The van der Waals surface area contributed by atoms with Gasteiger partial charge in [-0.25, -0.2) is 5.43 Å². The van der Waals surface area contributed by atoms with Gasteiger partial charge in [0.25, 0.3) is 0 Å². The predicted molar refractivity (Wildman–Crippen MR) is 86.5 cm³/mol. The lowest BCUT2D eigenvalue weighted by atomic mass is 10.0. The molecule has 0 radical (unpaired) electrons. The van der Waals surface area contributed by atoms with E-state index in [2.05, 4.69) is 43.4 Å². The van der Waals surface area contributed by atoms with Crippen molar-refractivity contribution in [3.8, 4) is 5.75 Å². The molecule has 2 aromatic rings. The second-order valence-electron chi connectivity index (χ2n) is 3.84. The van der Waals surface area contributed by atoms with Crippen molar-refractivity contribution in [3.63, 3.8) is 0 Å². The van der Waals surface area contributed by atoms with Gasteiger partial charge in [-0.15, -0.1) is 11.3 Å². The number of rotatable bonds is 5. The molecule has 102 valence electrons. The molecule has 2 rings (SSSR count). The van der Waals surface area contributed by atoms with E-state index in [1.807, 2.05) is 31.2 Å². The number of halogens is 2. The summed E-state index contributed by atoms with van der Waals surface area (Å²) in [6.07, 6.45) is 0. The maximum Gasteiger partial charge on any atom is 0.124 e. The number of nitrogens with two attached hydrogens (primary N) is 1. The fourth-order valence-electron chi connectivity index (χ4n) is 1.84. The third-order valence-electron chi connectivity index (χ3n) is 2.65. The van der Waals surface area contributed by atoms with Gasteiger partial charge >= 0.3 is 0 Å². The molecule has 1 atom stereocenters. The van der Waals surface area contributed by atoms with Crippen LogP contribution in [0, 0.1) is 0 Å². The minimum Gasteiger partial charge on any atom is -0.494 e. The van der Waals surface area contributed by atoms with Gasteiger partial charge in [-0.1, -0.05) is 18.2 Å². The van der Waals surface area contributed by atoms with Crippen LogP contribution in [-0.2, 0) is 0 Å². The maximum absolute atomic E-state index is 5.73. The van der Waals surface area contributed by atoms with E-state index < -0.39 is 0 Å². The molecule has 0 aliphatic rings. The lowest BCUT2D eigenvalue weighted by molar-refractivity contribution is 0.334. The van der Waals surface area contributed by atoms with E-state index in [9.17, 15) is 0 Å². The molecule has 6 heteroatoms. The van der Waals surface area contributed by atoms with E-state index in [0.29, 0.717) is 6.61 Å². The Morgan fingerprint density at radius 3 is 2.68 bits per heavy atom. The summed E-state index contributed by atoms with van der Waals surface area (Å²) in [5, 5.41) is 0. The number of ether oxygens (including phenoxy) is 1. The Kier molecular flexibility index (Phi) is 5.41. The van der Waals surface area contributed by atoms with Crippen molar-refractivity contribution in [1.29, 1.82) is 0 Å². The Morgan fingerprint density at radius 2 is 2.11 bits per heavy atom. The van der Waals surface area contributed by atoms with Crippen molar-refractivity contribution in [3.05, 3.63) is 49.0 Å². The normalized spacial score (nSPS) is 12.4. The average molecular weight is 406 g/mol. The van der Waals surface area contributed by atoms with E-state index in [0.717, 1.165) is 24.4 Å². The van der Waals surface area contributed by atoms with Crippen LogP contribution in [0.5, 0.6) is 5.75 Å². The van der Waals surface area contributed by atoms with Crippen LogP contribution in [0.15, 0.2) is 38.6 Å². The Bertz CT molecular complexity index is 540. The van der Waals surface area contributed by atoms with Crippen LogP contribution in [0.4, 0.5) is 0 Å². The van der Waals surface area contributed by atoms with Crippen LogP contribution in [0.1, 0.15) is 23.4 Å². The van der Waals surface area contributed by atoms with E-state index >= 15 is 0 Å². The SMILES string of the molecule is CCOc1ccccc1C(NN)c1cc(Br)c(Br)s1. The van der Waals surface area contributed by atoms with Crippen molar-refractivity contribution < 1.29 is 4.74 Å². The molecule has 3 N–H and O–H groups in total. The molecule has 0 bridgehead atoms. The first kappa shape index (κ1) is 15.0. The fourth-order valence-corrected chi connectivity index (χ4v) is 4.01. The Morgan fingerprint density at radius 1 is 1.37 bits per heavy atom. The van der Waals surface area contributed by atoms with E-state index in [1.165, 1.54) is 0 Å². The molecule has 0 amide bonds. The highest BCUT2D eigenvalue weighted by atomic mass is 79.9. The van der Waals surface area contributed by atoms with Gasteiger partial charge in [0.1, 0.15) is 5.75 Å². The quantitative estimate of drug-likeness (QED) is 0.578. The second kappa shape index (κ2) is 6.85. The summed E-state index contributed by atoms with van der Waals surface area (Å²) in [4.78, 5) is 1.12. The predicted octanol–water partition coefficient (Wildman–Crippen LogP) is 4.22. The number of nitrogens with one attached hydrogen (secondary N) is 1. The van der Waals surface area contributed by atoms with Gasteiger partial charge in [0.2, 0.25) is 0 Å². The third kappa shape index (κ3) is 3.38. The summed E-state index contributed by atoms with van der Waals surface area (Å²) in [6, 6.07) is 9.90. The Hall–Kier alpha value is -0.400. The zero-order chi connectivity index (χ0) is 13.8. The lowest BCUT2D eigenvalue weighted by Crippen LogP contribution is -2.28. The number of hydrogen-bond acceptors (Lipinski definition) is 4. The molecular weight excluding hydrogens is 392 g/mol. The topological polar surface area (TPSA) is 47.3 Å². The Balaban J connectivity index is 2.41. The molecule has 0 aliphatic carbocycles. The molecule has 1 aromatic heterocycles. The number of benzene rings is 1. The third-order valence-corrected chi connectivity index (χ3v) is 5.97. The van der Waals surface area contributed by atoms with Crippen molar-refractivity contribution in [2.24, 2.45) is 5.84 Å². The molecule has 1 unspecified atom stereocenters. The maximum atomic E-state index is 5.73. The van der Waals surface area contributed by atoms with Crippen molar-refractivity contribution in [2.75, 3.05) is 6.61 Å². The van der Waals surface area contributed by atoms with Crippen molar-refractivity contribution >= 4 is 43.2 Å². The number of para-hydroxylation sites is 1. The summed E-state index contributed by atoms with van der Waals surface area (Å²) < 4.78 is 7.75. The van der Waals surface area contributed by atoms with Gasteiger partial charge < -0.3 is 4.74 Å². The zero-order valence-corrected chi connectivity index (χ0v) is 14.3. The minimum absolute atomic E-state index is 0.0876. The van der Waals surface area contributed by atoms with Crippen LogP contribution in [0.2, 0.25) is 0 Å². The molecule has 1 heterocycles. The van der Waals surface area contributed by atoms with E-state index in [4.69, 9.17) is 10.6 Å². The van der Waals surface area contributed by atoms with Gasteiger partial charge in [0.15, 0.2) is 0 Å². The zero-order valence-electron chi connectivity index (χ0n) is 10.3. The minimum atomic E-state index is -0.0876. The fraction of sp³-hybridized carbons (Fsp3) is 0.231. The second-order valence-corrected chi connectivity index (χ2v) is 7.10. The molecule has 0 aliphatic heterocycles. The largest absolute Gasteiger partial charge is 0.494 e. The van der Waals surface area contributed by atoms with Crippen molar-refractivity contribution in [1.82, 2.24) is 5.43 Å². The van der Waals surface area contributed by atoms with Crippen molar-refractivity contribution in [2.45, 2.75) is 13.0 Å². The summed E-state index contributed by atoms with van der Waals surface area (Å²) >= 11 is 8.65. The summed E-state index contributed by atoms with van der Waals surface area (Å²) in [5.41, 5.74) is 3.90. The highest BCUT2D eigenvalue weighted by molar-refractivity contribution is 9.13. The van der Waals surface area contributed by atoms with Gasteiger partial charge in [0.05, 0.1) is 16.4 Å². The monoisotopic (exact) mass is 404 g/mol. The van der Waals surface area contributed by atoms with Crippen LogP contribution in [0.25, 0.3) is 0 Å². The molecule has 1 aromatic carbocycles. The highest BCUT2D eigenvalue weighted by Crippen LogP contribution is 2.39. The lowest BCUT2D eigenvalue weighted by Gasteiger charge is -2.18.